The Morgan fingerprint density at radius 2 is 1.94 bits per heavy atom. The van der Waals surface area contributed by atoms with Crippen LogP contribution in [-0.4, -0.2) is 49.7 Å². The van der Waals surface area contributed by atoms with Gasteiger partial charge in [0.05, 0.1) is 25.1 Å². The zero-order chi connectivity index (χ0) is 12.2. The normalized spacial score (nSPS) is 12.4. The molecule has 0 amide bonds. The highest BCUT2D eigenvalue weighted by Crippen LogP contribution is 2.06. The highest BCUT2D eigenvalue weighted by Gasteiger charge is 2.19. The third-order valence-electron chi connectivity index (χ3n) is 1.66. The summed E-state index contributed by atoms with van der Waals surface area (Å²) in [5.41, 5.74) is 0. The number of rotatable bonds is 10. The summed E-state index contributed by atoms with van der Waals surface area (Å²) in [5.74, 6) is 0.827. The van der Waals surface area contributed by atoms with E-state index in [9.17, 15) is 4.79 Å². The van der Waals surface area contributed by atoms with Gasteiger partial charge in [-0.15, -0.1) is 23.5 Å². The van der Waals surface area contributed by atoms with Crippen LogP contribution < -0.4 is 0 Å². The molecule has 0 saturated carbocycles. The van der Waals surface area contributed by atoms with Crippen molar-refractivity contribution in [3.05, 3.63) is 0 Å². The Bertz CT molecular complexity index is 178. The molecule has 96 valence electrons. The van der Waals surface area contributed by atoms with Crippen LogP contribution in [0.15, 0.2) is 0 Å². The minimum atomic E-state index is -0.505. The molecule has 1 unspecified atom stereocenters. The van der Waals surface area contributed by atoms with E-state index >= 15 is 0 Å². The lowest BCUT2D eigenvalue weighted by atomic mass is 10.2. The first-order chi connectivity index (χ1) is 7.76. The quantitative estimate of drug-likeness (QED) is 0.343. The van der Waals surface area contributed by atoms with Gasteiger partial charge in [-0.25, -0.2) is 4.79 Å². The van der Waals surface area contributed by atoms with Crippen LogP contribution in [0.3, 0.4) is 0 Å². The average Bonchev–Trinajstić information content (AvgIpc) is 2.28. The van der Waals surface area contributed by atoms with Gasteiger partial charge in [-0.1, -0.05) is 0 Å². The largest absolute Gasteiger partial charge is 0.464 e. The highest BCUT2D eigenvalue weighted by molar-refractivity contribution is 7.98. The summed E-state index contributed by atoms with van der Waals surface area (Å²) < 4.78 is 15.6. The van der Waals surface area contributed by atoms with Crippen molar-refractivity contribution in [2.24, 2.45) is 0 Å². The standard InChI is InChI=1S/C10H20O4S2/c1-4-13-10(11)9(14-8-16-3)5-6-12-7-15-2/h9H,4-8H2,1-3H3. The monoisotopic (exact) mass is 268 g/mol. The highest BCUT2D eigenvalue weighted by atomic mass is 32.2. The zero-order valence-corrected chi connectivity index (χ0v) is 11.7. The fraction of sp³-hybridized carbons (Fsp3) is 0.900. The molecule has 0 heterocycles. The molecule has 0 rings (SSSR count). The molecule has 0 aliphatic heterocycles. The summed E-state index contributed by atoms with van der Waals surface area (Å²) in [6.45, 7) is 2.68. The predicted octanol–water partition coefficient (Wildman–Crippen LogP) is 1.98. The number of esters is 1. The third-order valence-corrected chi connectivity index (χ3v) is 2.44. The van der Waals surface area contributed by atoms with Gasteiger partial charge in [-0.3, -0.25) is 0 Å². The van der Waals surface area contributed by atoms with Gasteiger partial charge in [0.15, 0.2) is 6.10 Å². The second kappa shape index (κ2) is 11.6. The summed E-state index contributed by atoms with van der Waals surface area (Å²) in [6.07, 6.45) is 3.92. The Labute approximate surface area is 106 Å². The Morgan fingerprint density at radius 1 is 1.25 bits per heavy atom. The predicted molar refractivity (Wildman–Crippen MR) is 68.8 cm³/mol. The summed E-state index contributed by atoms with van der Waals surface area (Å²) >= 11 is 3.14. The first kappa shape index (κ1) is 16.1. The first-order valence-electron chi connectivity index (χ1n) is 5.10. The number of hydrogen-bond donors (Lipinski definition) is 0. The molecule has 4 nitrogen and oxygen atoms in total. The Hall–Kier alpha value is 0.0900. The molecule has 16 heavy (non-hydrogen) atoms. The van der Waals surface area contributed by atoms with E-state index in [-0.39, 0.29) is 5.97 Å². The smallest absolute Gasteiger partial charge is 0.335 e. The summed E-state index contributed by atoms with van der Waals surface area (Å²) in [5, 5.41) is 0. The van der Waals surface area contributed by atoms with Crippen LogP contribution in [0.25, 0.3) is 0 Å². The van der Waals surface area contributed by atoms with Crippen LogP contribution in [0.5, 0.6) is 0 Å². The van der Waals surface area contributed by atoms with Gasteiger partial charge in [0, 0.05) is 6.42 Å². The van der Waals surface area contributed by atoms with Gasteiger partial charge in [0.2, 0.25) is 0 Å². The average molecular weight is 268 g/mol. The van der Waals surface area contributed by atoms with E-state index in [0.717, 1.165) is 0 Å². The fourth-order valence-corrected chi connectivity index (χ4v) is 1.57. The van der Waals surface area contributed by atoms with Crippen LogP contribution in [0.1, 0.15) is 13.3 Å². The van der Waals surface area contributed by atoms with Crippen molar-refractivity contribution in [3.63, 3.8) is 0 Å². The summed E-state index contributed by atoms with van der Waals surface area (Å²) in [7, 11) is 0. The van der Waals surface area contributed by atoms with Crippen molar-refractivity contribution >= 4 is 29.5 Å². The van der Waals surface area contributed by atoms with Crippen LogP contribution in [-0.2, 0) is 19.0 Å². The van der Waals surface area contributed by atoms with Crippen LogP contribution in [0.4, 0.5) is 0 Å². The minimum Gasteiger partial charge on any atom is -0.464 e. The van der Waals surface area contributed by atoms with Crippen molar-refractivity contribution in [2.75, 3.05) is 37.6 Å². The van der Waals surface area contributed by atoms with E-state index in [1.54, 1.807) is 18.7 Å². The van der Waals surface area contributed by atoms with E-state index in [4.69, 9.17) is 14.2 Å². The molecule has 0 aliphatic carbocycles. The molecule has 0 saturated heterocycles. The third kappa shape index (κ3) is 8.27. The van der Waals surface area contributed by atoms with E-state index in [1.807, 2.05) is 12.5 Å². The number of carbonyl (C=O) groups is 1. The molecule has 1 atom stereocenters. The zero-order valence-electron chi connectivity index (χ0n) is 10.1. The topological polar surface area (TPSA) is 44.8 Å². The Morgan fingerprint density at radius 3 is 2.50 bits per heavy atom. The molecule has 0 bridgehead atoms. The molecular weight excluding hydrogens is 248 g/mol. The van der Waals surface area contributed by atoms with Crippen molar-refractivity contribution in [1.29, 1.82) is 0 Å². The molecule has 0 fully saturated rings. The maximum absolute atomic E-state index is 11.5. The first-order valence-corrected chi connectivity index (χ1v) is 7.88. The maximum atomic E-state index is 11.5. The number of ether oxygens (including phenoxy) is 3. The van der Waals surface area contributed by atoms with Gasteiger partial charge in [-0.05, 0) is 19.4 Å². The lowest BCUT2D eigenvalue weighted by molar-refractivity contribution is -0.156. The molecule has 0 aromatic rings. The van der Waals surface area contributed by atoms with Crippen molar-refractivity contribution in [2.45, 2.75) is 19.4 Å². The number of thioether (sulfide) groups is 2. The summed E-state index contributed by atoms with van der Waals surface area (Å²) in [6, 6.07) is 0. The fourth-order valence-electron chi connectivity index (χ4n) is 0.987. The Balaban J connectivity index is 3.84. The van der Waals surface area contributed by atoms with Crippen LogP contribution in [0.2, 0.25) is 0 Å². The number of carbonyl (C=O) groups excluding carboxylic acids is 1. The lowest BCUT2D eigenvalue weighted by Crippen LogP contribution is -2.28. The molecule has 0 aliphatic rings. The lowest BCUT2D eigenvalue weighted by Gasteiger charge is -2.15. The number of hydrogen-bond acceptors (Lipinski definition) is 6. The molecule has 0 N–H and O–H groups in total. The SMILES string of the molecule is CCOC(=O)C(CCOCSC)OCSC. The second-order valence-electron chi connectivity index (χ2n) is 2.92. The minimum absolute atomic E-state index is 0.302. The molecule has 0 radical (unpaired) electrons. The van der Waals surface area contributed by atoms with Gasteiger partial charge < -0.3 is 14.2 Å². The van der Waals surface area contributed by atoms with E-state index in [1.165, 1.54) is 11.8 Å². The van der Waals surface area contributed by atoms with Crippen molar-refractivity contribution in [3.8, 4) is 0 Å². The second-order valence-corrected chi connectivity index (χ2v) is 4.54. The molecule has 6 heteroatoms. The van der Waals surface area contributed by atoms with E-state index < -0.39 is 6.10 Å². The molecular formula is C10H20O4S2. The van der Waals surface area contributed by atoms with Crippen LogP contribution >= 0.6 is 23.5 Å². The van der Waals surface area contributed by atoms with Gasteiger partial charge in [-0.2, -0.15) is 0 Å². The van der Waals surface area contributed by atoms with Gasteiger partial charge >= 0.3 is 5.97 Å². The van der Waals surface area contributed by atoms with Gasteiger partial charge in [0.1, 0.15) is 0 Å². The van der Waals surface area contributed by atoms with Crippen molar-refractivity contribution in [1.82, 2.24) is 0 Å². The summed E-state index contributed by atoms with van der Waals surface area (Å²) in [4.78, 5) is 11.5. The molecule has 0 aromatic heterocycles. The maximum Gasteiger partial charge on any atom is 0.335 e. The van der Waals surface area contributed by atoms with E-state index in [0.29, 0.717) is 31.5 Å². The van der Waals surface area contributed by atoms with E-state index in [2.05, 4.69) is 0 Å². The Kier molecular flexibility index (Phi) is 11.6. The molecule has 0 spiro atoms. The molecule has 0 aromatic carbocycles. The van der Waals surface area contributed by atoms with Crippen molar-refractivity contribution < 1.29 is 19.0 Å². The van der Waals surface area contributed by atoms with Gasteiger partial charge in [0.25, 0.3) is 0 Å². The van der Waals surface area contributed by atoms with Crippen LogP contribution in [0, 0.1) is 0 Å².